The third-order valence-corrected chi connectivity index (χ3v) is 14.9. The molecule has 4 heterocycles. The van der Waals surface area contributed by atoms with E-state index in [2.05, 4.69) is 28.1 Å². The standard InChI is InChI=1S/C59H60N4O7/c1-40(43-21-11-6-12-22-43)60-58(68)62-49-34-29-42(28-27-41-19-9-5-10-20-41)39-48(49)59(57(62)67)50(55(65)61-35-17-3-2-4-18-36-61)52-56(66)70-53(45-25-15-8-16-26-45)51(44-23-13-7-14-24-44)63(52)54(59)46-30-32-47(33-31-46)69-38-37-64/h6-8,11-16,19,21-26,29-34,39-40,50-54,64H,2-5,9-10,17-18,20,35-38H2,1H3,(H,60,68)/t40-,50+,51+,52+,53-,54-,59+/m1/s1. The van der Waals surface area contributed by atoms with Crippen LogP contribution in [0, 0.1) is 17.8 Å². The number of aliphatic hydroxyl groups excluding tert-OH is 1. The maximum Gasteiger partial charge on any atom is 0.329 e. The van der Waals surface area contributed by atoms with Crippen LogP contribution in [0.15, 0.2) is 145 Å². The van der Waals surface area contributed by atoms with E-state index in [1.165, 1.54) is 4.90 Å². The number of nitrogens with one attached hydrogen (secondary N) is 1. The molecule has 5 aliphatic rings. The van der Waals surface area contributed by atoms with Crippen LogP contribution in [0.25, 0.3) is 0 Å². The molecule has 5 aromatic carbocycles. The van der Waals surface area contributed by atoms with Crippen LogP contribution in [0.5, 0.6) is 5.75 Å². The van der Waals surface area contributed by atoms with E-state index in [4.69, 9.17) is 9.47 Å². The first-order valence-corrected chi connectivity index (χ1v) is 25.1. The van der Waals surface area contributed by atoms with Gasteiger partial charge in [0.1, 0.15) is 29.9 Å². The highest BCUT2D eigenvalue weighted by Crippen LogP contribution is 2.66. The first-order valence-electron chi connectivity index (χ1n) is 25.1. The number of imide groups is 1. The molecule has 5 aromatic rings. The van der Waals surface area contributed by atoms with Gasteiger partial charge in [-0.15, -0.1) is 0 Å². The van der Waals surface area contributed by atoms with Gasteiger partial charge in [-0.3, -0.25) is 19.3 Å². The van der Waals surface area contributed by atoms with Crippen LogP contribution < -0.4 is 15.0 Å². The summed E-state index contributed by atoms with van der Waals surface area (Å²) in [5.74, 6) is 4.42. The summed E-state index contributed by atoms with van der Waals surface area (Å²) < 4.78 is 12.6. The molecule has 0 unspecified atom stereocenters. The third kappa shape index (κ3) is 8.69. The van der Waals surface area contributed by atoms with Crippen LogP contribution in [0.2, 0.25) is 0 Å². The summed E-state index contributed by atoms with van der Waals surface area (Å²) in [7, 11) is 0. The van der Waals surface area contributed by atoms with Crippen LogP contribution in [0.1, 0.15) is 122 Å². The van der Waals surface area contributed by atoms with Crippen LogP contribution in [0.4, 0.5) is 10.5 Å². The fraction of sp³-hybridized carbons (Fsp3) is 0.356. The number of hydrogen-bond donors (Lipinski definition) is 2. The van der Waals surface area contributed by atoms with Gasteiger partial charge in [0.25, 0.3) is 0 Å². The number of anilines is 1. The van der Waals surface area contributed by atoms with E-state index in [1.54, 1.807) is 18.2 Å². The molecule has 7 atom stereocenters. The number of carbonyl (C=O) groups excluding carboxylic acids is 4. The Morgan fingerprint density at radius 3 is 2.11 bits per heavy atom. The second kappa shape index (κ2) is 20.5. The molecule has 1 spiro atoms. The van der Waals surface area contributed by atoms with Crippen molar-refractivity contribution >= 4 is 29.5 Å². The minimum Gasteiger partial charge on any atom is -0.491 e. The molecular formula is C59H60N4O7. The summed E-state index contributed by atoms with van der Waals surface area (Å²) in [6, 6.07) is 37.7. The fourth-order valence-electron chi connectivity index (χ4n) is 11.7. The number of benzene rings is 5. The van der Waals surface area contributed by atoms with Crippen LogP contribution in [0.3, 0.4) is 0 Å². The number of cyclic esters (lactones) is 1. The molecule has 11 nitrogen and oxygen atoms in total. The number of aliphatic hydroxyl groups is 1. The van der Waals surface area contributed by atoms with Gasteiger partial charge in [-0.2, -0.15) is 0 Å². The topological polar surface area (TPSA) is 129 Å². The minimum atomic E-state index is -1.89. The molecule has 10 rings (SSSR count). The minimum absolute atomic E-state index is 0.0754. The Morgan fingerprint density at radius 1 is 0.771 bits per heavy atom. The number of likely N-dealkylation sites (tertiary alicyclic amines) is 1. The highest BCUT2D eigenvalue weighted by molar-refractivity contribution is 6.24. The van der Waals surface area contributed by atoms with Gasteiger partial charge < -0.3 is 24.8 Å². The molecule has 358 valence electrons. The number of rotatable bonds is 9. The molecule has 0 radical (unpaired) electrons. The Labute approximate surface area is 410 Å². The number of hydrogen-bond acceptors (Lipinski definition) is 8. The van der Waals surface area contributed by atoms with Crippen molar-refractivity contribution in [2.75, 3.05) is 31.2 Å². The SMILES string of the molecule is C[C@@H](NC(=O)N1C(=O)[C@@]2(c3cc(C#CC4=CCCCC4)ccc31)[C@H](C(=O)N1CCCCCCC1)[C@H]1C(=O)O[C@H](c3ccccc3)[C@H](c3ccccc3)N1[C@@H]2c1ccc(OCCO)cc1)c1ccccc1. The molecule has 4 amide bonds. The molecule has 70 heavy (non-hydrogen) atoms. The van der Waals surface area contributed by atoms with Gasteiger partial charge in [0.2, 0.25) is 11.8 Å². The van der Waals surface area contributed by atoms with Crippen LogP contribution in [-0.2, 0) is 24.5 Å². The third-order valence-electron chi connectivity index (χ3n) is 14.9. The molecule has 3 fully saturated rings. The van der Waals surface area contributed by atoms with E-state index >= 15 is 19.2 Å². The van der Waals surface area contributed by atoms with Gasteiger partial charge >= 0.3 is 12.0 Å². The van der Waals surface area contributed by atoms with Gasteiger partial charge in [0, 0.05) is 18.7 Å². The van der Waals surface area contributed by atoms with Crippen molar-refractivity contribution in [3.8, 4) is 17.6 Å². The second-order valence-corrected chi connectivity index (χ2v) is 19.2. The lowest BCUT2D eigenvalue weighted by atomic mass is 9.64. The number of morpholine rings is 1. The molecule has 3 saturated heterocycles. The lowest BCUT2D eigenvalue weighted by molar-refractivity contribution is -0.179. The van der Waals surface area contributed by atoms with Crippen LogP contribution >= 0.6 is 0 Å². The van der Waals surface area contributed by atoms with Gasteiger partial charge in [-0.1, -0.05) is 140 Å². The lowest BCUT2D eigenvalue weighted by Gasteiger charge is -2.46. The van der Waals surface area contributed by atoms with Crippen molar-refractivity contribution in [2.24, 2.45) is 5.92 Å². The zero-order valence-corrected chi connectivity index (χ0v) is 39.7. The zero-order chi connectivity index (χ0) is 48.2. The van der Waals surface area contributed by atoms with E-state index < -0.39 is 59.5 Å². The molecule has 0 bridgehead atoms. The Kier molecular flexibility index (Phi) is 13.7. The number of urea groups is 1. The van der Waals surface area contributed by atoms with Crippen molar-refractivity contribution in [2.45, 2.75) is 100 Å². The summed E-state index contributed by atoms with van der Waals surface area (Å²) in [5.41, 5.74) is 3.63. The highest BCUT2D eigenvalue weighted by atomic mass is 16.6. The number of fused-ring (bicyclic) bond motifs is 3. The largest absolute Gasteiger partial charge is 0.491 e. The van der Waals surface area contributed by atoms with E-state index in [9.17, 15) is 5.11 Å². The van der Waals surface area contributed by atoms with E-state index in [1.807, 2.05) is 127 Å². The molecule has 4 aliphatic heterocycles. The molecule has 1 aliphatic carbocycles. The maximum absolute atomic E-state index is 16.8. The summed E-state index contributed by atoms with van der Waals surface area (Å²) in [6.07, 6.45) is 9.87. The molecule has 0 saturated carbocycles. The van der Waals surface area contributed by atoms with E-state index in [0.29, 0.717) is 41.2 Å². The van der Waals surface area contributed by atoms with Crippen molar-refractivity contribution in [1.29, 1.82) is 0 Å². The number of allylic oxidation sites excluding steroid dienone is 2. The summed E-state index contributed by atoms with van der Waals surface area (Å²) in [4.78, 5) is 69.2. The molecule has 11 heteroatoms. The average Bonchev–Trinajstić information content (AvgIpc) is 3.84. The fourth-order valence-corrected chi connectivity index (χ4v) is 11.7. The van der Waals surface area contributed by atoms with Gasteiger partial charge in [-0.05, 0) is 109 Å². The predicted octanol–water partition coefficient (Wildman–Crippen LogP) is 9.84. The van der Waals surface area contributed by atoms with Crippen molar-refractivity contribution in [1.82, 2.24) is 15.1 Å². The highest BCUT2D eigenvalue weighted by Gasteiger charge is 2.76. The van der Waals surface area contributed by atoms with E-state index in [0.717, 1.165) is 80.1 Å². The van der Waals surface area contributed by atoms with Gasteiger partial charge in [0.05, 0.1) is 36.3 Å². The second-order valence-electron chi connectivity index (χ2n) is 19.2. The summed E-state index contributed by atoms with van der Waals surface area (Å²) >= 11 is 0. The van der Waals surface area contributed by atoms with Crippen molar-refractivity contribution in [3.05, 3.63) is 178 Å². The number of ether oxygens (including phenoxy) is 2. The number of esters is 1. The number of nitrogens with zero attached hydrogens (tertiary/aromatic N) is 3. The summed E-state index contributed by atoms with van der Waals surface area (Å²) in [6.45, 7) is 2.69. The van der Waals surface area contributed by atoms with Crippen molar-refractivity contribution in [3.63, 3.8) is 0 Å². The van der Waals surface area contributed by atoms with Gasteiger partial charge in [0.15, 0.2) is 0 Å². The molecule has 2 N–H and O–H groups in total. The van der Waals surface area contributed by atoms with E-state index in [-0.39, 0.29) is 19.1 Å². The Hall–Kier alpha value is -7.00. The first kappa shape index (κ1) is 46.7. The quantitative estimate of drug-likeness (QED) is 0.111. The Balaban J connectivity index is 1.26. The normalized spacial score (nSPS) is 24.8. The van der Waals surface area contributed by atoms with Crippen LogP contribution in [-0.4, -0.2) is 71.1 Å². The molecular weight excluding hydrogens is 877 g/mol. The van der Waals surface area contributed by atoms with Gasteiger partial charge in [-0.25, -0.2) is 9.69 Å². The summed E-state index contributed by atoms with van der Waals surface area (Å²) in [5, 5.41) is 12.8. The number of carbonyl (C=O) groups is 4. The van der Waals surface area contributed by atoms with Crippen molar-refractivity contribution < 1.29 is 33.8 Å². The zero-order valence-electron chi connectivity index (χ0n) is 39.7. The number of amides is 4. The molecule has 0 aromatic heterocycles. The smallest absolute Gasteiger partial charge is 0.329 e. The monoisotopic (exact) mass is 936 g/mol. The Bertz CT molecular complexity index is 2800. The maximum atomic E-state index is 16.8. The first-order chi connectivity index (χ1) is 34.3. The lowest BCUT2D eigenvalue weighted by Crippen LogP contribution is -2.57. The Morgan fingerprint density at radius 2 is 1.44 bits per heavy atom. The predicted molar refractivity (Wildman–Crippen MR) is 267 cm³/mol. The average molecular weight is 937 g/mol.